The Morgan fingerprint density at radius 3 is 2.70 bits per heavy atom. The lowest BCUT2D eigenvalue weighted by atomic mass is 9.87. The molecule has 3 unspecified atom stereocenters. The minimum atomic E-state index is 0.255. The van der Waals surface area contributed by atoms with Gasteiger partial charge >= 0.3 is 0 Å². The summed E-state index contributed by atoms with van der Waals surface area (Å²) >= 11 is 0. The fraction of sp³-hybridized carbons (Fsp3) is 0.682. The highest BCUT2D eigenvalue weighted by Gasteiger charge is 2.40. The quantitative estimate of drug-likeness (QED) is 0.813. The largest absolute Gasteiger partial charge is 0.486 e. The molecule has 2 heterocycles. The summed E-state index contributed by atoms with van der Waals surface area (Å²) in [6.07, 6.45) is 7.94. The van der Waals surface area contributed by atoms with Gasteiger partial charge in [-0.2, -0.15) is 0 Å². The third-order valence-electron chi connectivity index (χ3n) is 6.63. The number of benzene rings is 1. The van der Waals surface area contributed by atoms with Crippen LogP contribution in [0.4, 0.5) is 0 Å². The highest BCUT2D eigenvalue weighted by Crippen LogP contribution is 2.47. The van der Waals surface area contributed by atoms with Crippen LogP contribution in [-0.4, -0.2) is 49.3 Å². The molecule has 2 saturated carbocycles. The van der Waals surface area contributed by atoms with Crippen molar-refractivity contribution in [1.82, 2.24) is 4.90 Å². The van der Waals surface area contributed by atoms with Gasteiger partial charge in [-0.25, -0.2) is 0 Å². The van der Waals surface area contributed by atoms with Gasteiger partial charge in [-0.15, -0.1) is 0 Å². The van der Waals surface area contributed by atoms with Crippen LogP contribution in [0.5, 0.6) is 11.5 Å². The standard InChI is InChI=1S/C22H29NO4/c24-22(23-9-10-25-19-4-2-1-3-18(19)23)14-17(15-5-6-15)16-7-8-20-21(13-16)27-12-11-26-20/h7-8,13,15,17-19H,1-6,9-12,14H2. The van der Waals surface area contributed by atoms with Crippen LogP contribution in [0, 0.1) is 5.92 Å². The lowest BCUT2D eigenvalue weighted by molar-refractivity contribution is -0.150. The average molecular weight is 371 g/mol. The van der Waals surface area contributed by atoms with Gasteiger partial charge in [0.1, 0.15) is 13.2 Å². The number of ether oxygens (including phenoxy) is 3. The van der Waals surface area contributed by atoms with E-state index in [-0.39, 0.29) is 6.10 Å². The topological polar surface area (TPSA) is 48.0 Å². The summed E-state index contributed by atoms with van der Waals surface area (Å²) in [4.78, 5) is 15.4. The number of fused-ring (bicyclic) bond motifs is 2. The van der Waals surface area contributed by atoms with Crippen molar-refractivity contribution in [1.29, 1.82) is 0 Å². The van der Waals surface area contributed by atoms with Gasteiger partial charge in [-0.3, -0.25) is 4.79 Å². The first kappa shape index (κ1) is 17.4. The SMILES string of the molecule is O=C(CC(c1ccc2c(c1)OCCO2)C1CC1)N1CCOC2CCCCC21. The summed E-state index contributed by atoms with van der Waals surface area (Å²) in [5.41, 5.74) is 1.23. The zero-order valence-electron chi connectivity index (χ0n) is 15.9. The predicted octanol–water partition coefficient (Wildman–Crippen LogP) is 3.51. The van der Waals surface area contributed by atoms with Crippen LogP contribution in [-0.2, 0) is 9.53 Å². The van der Waals surface area contributed by atoms with E-state index in [0.29, 0.717) is 50.0 Å². The van der Waals surface area contributed by atoms with E-state index in [0.717, 1.165) is 30.9 Å². The van der Waals surface area contributed by atoms with Crippen LogP contribution in [0.2, 0.25) is 0 Å². The summed E-state index contributed by atoms with van der Waals surface area (Å²) in [5, 5.41) is 0. The van der Waals surface area contributed by atoms with Gasteiger partial charge in [0.25, 0.3) is 0 Å². The van der Waals surface area contributed by atoms with Crippen molar-refractivity contribution in [3.63, 3.8) is 0 Å². The summed E-state index contributed by atoms with van der Waals surface area (Å²) in [7, 11) is 0. The summed E-state index contributed by atoms with van der Waals surface area (Å²) < 4.78 is 17.4. The van der Waals surface area contributed by atoms with Gasteiger partial charge in [-0.05, 0) is 55.2 Å². The molecule has 0 bridgehead atoms. The van der Waals surface area contributed by atoms with E-state index >= 15 is 0 Å². The van der Waals surface area contributed by atoms with Crippen LogP contribution in [0.25, 0.3) is 0 Å². The zero-order valence-corrected chi connectivity index (χ0v) is 15.9. The zero-order chi connectivity index (χ0) is 18.2. The van der Waals surface area contributed by atoms with Crippen molar-refractivity contribution < 1.29 is 19.0 Å². The number of morpholine rings is 1. The van der Waals surface area contributed by atoms with Gasteiger partial charge < -0.3 is 19.1 Å². The van der Waals surface area contributed by atoms with Gasteiger partial charge in [0.15, 0.2) is 11.5 Å². The Kier molecular flexibility index (Phi) is 4.72. The van der Waals surface area contributed by atoms with Crippen molar-refractivity contribution in [2.24, 2.45) is 5.92 Å². The summed E-state index contributed by atoms with van der Waals surface area (Å²) in [5.74, 6) is 2.87. The molecule has 27 heavy (non-hydrogen) atoms. The molecular weight excluding hydrogens is 342 g/mol. The Balaban J connectivity index is 1.33. The lowest BCUT2D eigenvalue weighted by Gasteiger charge is -2.44. The minimum Gasteiger partial charge on any atom is -0.486 e. The average Bonchev–Trinajstić information content (AvgIpc) is 3.56. The van der Waals surface area contributed by atoms with Crippen LogP contribution in [0.3, 0.4) is 0 Å². The van der Waals surface area contributed by atoms with Gasteiger partial charge in [0, 0.05) is 13.0 Å². The number of carbonyl (C=O) groups excluding carboxylic acids is 1. The Morgan fingerprint density at radius 2 is 1.85 bits per heavy atom. The second-order valence-corrected chi connectivity index (χ2v) is 8.40. The number of amides is 1. The molecule has 146 valence electrons. The first-order valence-corrected chi connectivity index (χ1v) is 10.6. The molecule has 0 radical (unpaired) electrons. The molecule has 5 heteroatoms. The van der Waals surface area contributed by atoms with Crippen molar-refractivity contribution in [3.05, 3.63) is 23.8 Å². The van der Waals surface area contributed by atoms with E-state index in [1.807, 2.05) is 6.07 Å². The number of hydrogen-bond donors (Lipinski definition) is 0. The smallest absolute Gasteiger partial charge is 0.223 e. The Morgan fingerprint density at radius 1 is 1.04 bits per heavy atom. The second kappa shape index (κ2) is 7.34. The van der Waals surface area contributed by atoms with Gasteiger partial charge in [0.2, 0.25) is 5.91 Å². The Bertz CT molecular complexity index is 700. The molecule has 0 aromatic heterocycles. The maximum absolute atomic E-state index is 13.3. The molecule has 3 atom stereocenters. The van der Waals surface area contributed by atoms with Crippen molar-refractivity contribution in [2.45, 2.75) is 63.0 Å². The predicted molar refractivity (Wildman–Crippen MR) is 101 cm³/mol. The number of nitrogens with zero attached hydrogens (tertiary/aromatic N) is 1. The maximum atomic E-state index is 13.3. The molecule has 4 aliphatic rings. The molecule has 0 N–H and O–H groups in total. The molecule has 2 aliphatic heterocycles. The first-order chi connectivity index (χ1) is 13.3. The molecule has 5 rings (SSSR count). The molecule has 0 spiro atoms. The summed E-state index contributed by atoms with van der Waals surface area (Å²) in [6.45, 7) is 2.64. The fourth-order valence-corrected chi connectivity index (χ4v) is 5.06. The van der Waals surface area contributed by atoms with Crippen molar-refractivity contribution >= 4 is 5.91 Å². The first-order valence-electron chi connectivity index (χ1n) is 10.6. The number of rotatable bonds is 4. The van der Waals surface area contributed by atoms with E-state index in [1.165, 1.54) is 31.2 Å². The van der Waals surface area contributed by atoms with Crippen LogP contribution in [0.1, 0.15) is 56.4 Å². The Hall–Kier alpha value is -1.75. The third-order valence-corrected chi connectivity index (χ3v) is 6.63. The molecule has 2 aliphatic carbocycles. The number of hydrogen-bond acceptors (Lipinski definition) is 4. The highest BCUT2D eigenvalue weighted by atomic mass is 16.6. The van der Waals surface area contributed by atoms with Gasteiger partial charge in [0.05, 0.1) is 18.8 Å². The van der Waals surface area contributed by atoms with Crippen molar-refractivity contribution in [2.75, 3.05) is 26.4 Å². The monoisotopic (exact) mass is 371 g/mol. The fourth-order valence-electron chi connectivity index (χ4n) is 5.06. The van der Waals surface area contributed by atoms with E-state index in [1.54, 1.807) is 0 Å². The van der Waals surface area contributed by atoms with Crippen LogP contribution in [0.15, 0.2) is 18.2 Å². The van der Waals surface area contributed by atoms with Crippen molar-refractivity contribution in [3.8, 4) is 11.5 Å². The van der Waals surface area contributed by atoms with Gasteiger partial charge in [-0.1, -0.05) is 18.9 Å². The van der Waals surface area contributed by atoms with Crippen LogP contribution < -0.4 is 9.47 Å². The molecular formula is C22H29NO4. The molecule has 1 saturated heterocycles. The highest BCUT2D eigenvalue weighted by molar-refractivity contribution is 5.78. The van der Waals surface area contributed by atoms with E-state index in [4.69, 9.17) is 14.2 Å². The van der Waals surface area contributed by atoms with E-state index in [9.17, 15) is 4.79 Å². The minimum absolute atomic E-state index is 0.255. The molecule has 5 nitrogen and oxygen atoms in total. The third kappa shape index (κ3) is 3.54. The number of carbonyl (C=O) groups is 1. The second-order valence-electron chi connectivity index (χ2n) is 8.40. The molecule has 1 amide bonds. The summed E-state index contributed by atoms with van der Waals surface area (Å²) in [6, 6.07) is 6.54. The molecule has 3 fully saturated rings. The van der Waals surface area contributed by atoms with E-state index in [2.05, 4.69) is 17.0 Å². The Labute approximate surface area is 161 Å². The molecule has 1 aromatic rings. The maximum Gasteiger partial charge on any atom is 0.223 e. The van der Waals surface area contributed by atoms with Crippen LogP contribution >= 0.6 is 0 Å². The normalized spacial score (nSPS) is 28.4. The molecule has 1 aromatic carbocycles. The van der Waals surface area contributed by atoms with E-state index < -0.39 is 0 Å². The lowest BCUT2D eigenvalue weighted by Crippen LogP contribution is -2.55.